The number of carbonyl (C=O) groups is 3. The molecule has 1 unspecified atom stereocenters. The van der Waals surface area contributed by atoms with Gasteiger partial charge in [-0.05, 0) is 30.7 Å². The Morgan fingerprint density at radius 3 is 2.90 bits per heavy atom. The number of amides is 3. The molecule has 1 atom stereocenters. The molecule has 1 N–H and O–H groups in total. The lowest BCUT2D eigenvalue weighted by atomic mass is 10.1. The van der Waals surface area contributed by atoms with Crippen molar-refractivity contribution in [2.24, 2.45) is 0 Å². The highest BCUT2D eigenvalue weighted by Crippen LogP contribution is 2.12. The zero-order valence-corrected chi connectivity index (χ0v) is 11.6. The lowest BCUT2D eigenvalue weighted by molar-refractivity contribution is -0.147. The van der Waals surface area contributed by atoms with Crippen molar-refractivity contribution in [1.82, 2.24) is 10.2 Å². The van der Waals surface area contributed by atoms with E-state index < -0.39 is 17.9 Å². The maximum absolute atomic E-state index is 12.0. The lowest BCUT2D eigenvalue weighted by Gasteiger charge is -2.30. The number of nitrogens with one attached hydrogen (secondary N) is 1. The van der Waals surface area contributed by atoms with Gasteiger partial charge in [-0.25, -0.2) is 0 Å². The molecule has 20 heavy (non-hydrogen) atoms. The second-order valence-corrected chi connectivity index (χ2v) is 4.88. The van der Waals surface area contributed by atoms with Crippen molar-refractivity contribution in [2.45, 2.75) is 13.0 Å². The van der Waals surface area contributed by atoms with E-state index in [9.17, 15) is 14.4 Å². The number of halogens is 1. The van der Waals surface area contributed by atoms with E-state index >= 15 is 0 Å². The molecule has 5 nitrogen and oxygen atoms in total. The largest absolute Gasteiger partial charge is 0.318 e. The fraction of sp³-hybridized carbons (Fsp3) is 0.214. The average Bonchev–Trinajstić information content (AvgIpc) is 2.40. The van der Waals surface area contributed by atoms with E-state index in [0.717, 1.165) is 5.56 Å². The summed E-state index contributed by atoms with van der Waals surface area (Å²) in [6.07, 6.45) is 2.92. The average molecular weight is 293 g/mol. The Balaban J connectivity index is 2.11. The van der Waals surface area contributed by atoms with Gasteiger partial charge in [0.05, 0.1) is 0 Å². The van der Waals surface area contributed by atoms with Crippen molar-refractivity contribution >= 4 is 35.4 Å². The smallest absolute Gasteiger partial charge is 0.249 e. The predicted molar refractivity (Wildman–Crippen MR) is 74.8 cm³/mol. The molecule has 1 aliphatic heterocycles. The van der Waals surface area contributed by atoms with Crippen LogP contribution in [-0.4, -0.2) is 35.2 Å². The topological polar surface area (TPSA) is 66.5 Å². The molecule has 0 spiro atoms. The molecule has 1 fully saturated rings. The normalized spacial score (nSPS) is 19.3. The number of piperazine rings is 1. The quantitative estimate of drug-likeness (QED) is 0.658. The molecule has 1 aromatic carbocycles. The van der Waals surface area contributed by atoms with Crippen LogP contribution in [0, 0.1) is 0 Å². The molecule has 2 rings (SSSR count). The van der Waals surface area contributed by atoms with Crippen molar-refractivity contribution in [2.75, 3.05) is 6.54 Å². The molecule has 0 aromatic heterocycles. The van der Waals surface area contributed by atoms with Crippen LogP contribution in [0.1, 0.15) is 12.5 Å². The third kappa shape index (κ3) is 3.24. The van der Waals surface area contributed by atoms with E-state index in [2.05, 4.69) is 5.32 Å². The summed E-state index contributed by atoms with van der Waals surface area (Å²) in [5.74, 6) is -1.33. The van der Waals surface area contributed by atoms with Gasteiger partial charge in [-0.1, -0.05) is 23.7 Å². The van der Waals surface area contributed by atoms with Crippen molar-refractivity contribution < 1.29 is 14.4 Å². The maximum Gasteiger partial charge on any atom is 0.249 e. The van der Waals surface area contributed by atoms with Crippen molar-refractivity contribution in [3.63, 3.8) is 0 Å². The number of nitrogens with zero attached hydrogens (tertiary/aromatic N) is 1. The van der Waals surface area contributed by atoms with Gasteiger partial charge < -0.3 is 4.90 Å². The van der Waals surface area contributed by atoms with Crippen LogP contribution in [0.4, 0.5) is 0 Å². The first kappa shape index (κ1) is 14.3. The van der Waals surface area contributed by atoms with Crippen molar-refractivity contribution in [3.05, 3.63) is 40.9 Å². The first-order valence-electron chi connectivity index (χ1n) is 6.05. The van der Waals surface area contributed by atoms with Gasteiger partial charge in [-0.15, -0.1) is 0 Å². The summed E-state index contributed by atoms with van der Waals surface area (Å²) in [5, 5.41) is 2.75. The van der Waals surface area contributed by atoms with Gasteiger partial charge in [0.2, 0.25) is 17.7 Å². The van der Waals surface area contributed by atoms with E-state index in [4.69, 9.17) is 11.6 Å². The van der Waals surface area contributed by atoms with Gasteiger partial charge in [-0.3, -0.25) is 19.7 Å². The van der Waals surface area contributed by atoms with Gasteiger partial charge in [-0.2, -0.15) is 0 Å². The number of rotatable bonds is 2. The third-order valence-electron chi connectivity index (χ3n) is 2.97. The van der Waals surface area contributed by atoms with Gasteiger partial charge in [0, 0.05) is 11.1 Å². The Kier molecular flexibility index (Phi) is 4.20. The molecule has 0 saturated carbocycles. The first-order chi connectivity index (χ1) is 9.47. The summed E-state index contributed by atoms with van der Waals surface area (Å²) in [4.78, 5) is 36.0. The van der Waals surface area contributed by atoms with Crippen LogP contribution in [0.2, 0.25) is 5.02 Å². The molecule has 1 heterocycles. The molecule has 6 heteroatoms. The van der Waals surface area contributed by atoms with Gasteiger partial charge in [0.15, 0.2) is 0 Å². The lowest BCUT2D eigenvalue weighted by Crippen LogP contribution is -2.58. The van der Waals surface area contributed by atoms with E-state index in [0.29, 0.717) is 5.02 Å². The fourth-order valence-electron chi connectivity index (χ4n) is 1.86. The summed E-state index contributed by atoms with van der Waals surface area (Å²) >= 11 is 5.84. The molecule has 0 aliphatic carbocycles. The zero-order valence-electron chi connectivity index (χ0n) is 10.8. The highest BCUT2D eigenvalue weighted by Gasteiger charge is 2.32. The molecule has 3 amide bonds. The van der Waals surface area contributed by atoms with Crippen LogP contribution in [0.3, 0.4) is 0 Å². The standard InChI is InChI=1S/C14H13ClN2O3/c1-9-14(20)16-12(18)8-17(9)13(19)6-5-10-3-2-4-11(15)7-10/h2-7,9H,8H2,1H3,(H,16,18,20). The number of hydrogen-bond donors (Lipinski definition) is 1. The highest BCUT2D eigenvalue weighted by atomic mass is 35.5. The van der Waals surface area contributed by atoms with Crippen LogP contribution in [-0.2, 0) is 14.4 Å². The Morgan fingerprint density at radius 2 is 2.20 bits per heavy atom. The summed E-state index contributed by atoms with van der Waals surface area (Å²) < 4.78 is 0. The minimum atomic E-state index is -0.663. The summed E-state index contributed by atoms with van der Waals surface area (Å²) in [6.45, 7) is 1.46. The zero-order chi connectivity index (χ0) is 14.7. The van der Waals surface area contributed by atoms with Crippen LogP contribution < -0.4 is 5.32 Å². The minimum Gasteiger partial charge on any atom is -0.318 e. The second-order valence-electron chi connectivity index (χ2n) is 4.44. The SMILES string of the molecule is CC1C(=O)NC(=O)CN1C(=O)C=Cc1cccc(Cl)c1. The second kappa shape index (κ2) is 5.88. The van der Waals surface area contributed by atoms with Crippen LogP contribution >= 0.6 is 11.6 Å². The van der Waals surface area contributed by atoms with Gasteiger partial charge in [0.1, 0.15) is 12.6 Å². The Hall–Kier alpha value is -2.14. The summed E-state index contributed by atoms with van der Waals surface area (Å²) in [7, 11) is 0. The minimum absolute atomic E-state index is 0.119. The molecule has 1 aromatic rings. The molecule has 0 bridgehead atoms. The highest BCUT2D eigenvalue weighted by molar-refractivity contribution is 6.30. The maximum atomic E-state index is 12.0. The Labute approximate surface area is 121 Å². The summed E-state index contributed by atoms with van der Waals surface area (Å²) in [6, 6.07) is 6.35. The number of hydrogen-bond acceptors (Lipinski definition) is 3. The van der Waals surface area contributed by atoms with E-state index in [1.165, 1.54) is 11.0 Å². The molecular formula is C14H13ClN2O3. The summed E-state index contributed by atoms with van der Waals surface area (Å²) in [5.41, 5.74) is 0.770. The molecule has 0 radical (unpaired) electrons. The molecule has 1 saturated heterocycles. The van der Waals surface area contributed by atoms with Gasteiger partial charge in [0.25, 0.3) is 0 Å². The van der Waals surface area contributed by atoms with E-state index in [1.54, 1.807) is 37.3 Å². The van der Waals surface area contributed by atoms with Crippen molar-refractivity contribution in [3.8, 4) is 0 Å². The number of benzene rings is 1. The molecule has 1 aliphatic rings. The van der Waals surface area contributed by atoms with E-state index in [1.807, 2.05) is 0 Å². The van der Waals surface area contributed by atoms with Crippen LogP contribution in [0.5, 0.6) is 0 Å². The molecule has 104 valence electrons. The Bertz CT molecular complexity index is 598. The van der Waals surface area contributed by atoms with Crippen LogP contribution in [0.15, 0.2) is 30.3 Å². The fourth-order valence-corrected chi connectivity index (χ4v) is 2.06. The Morgan fingerprint density at radius 1 is 1.45 bits per heavy atom. The van der Waals surface area contributed by atoms with E-state index in [-0.39, 0.29) is 12.5 Å². The number of imide groups is 1. The first-order valence-corrected chi connectivity index (χ1v) is 6.43. The van der Waals surface area contributed by atoms with Gasteiger partial charge >= 0.3 is 0 Å². The third-order valence-corrected chi connectivity index (χ3v) is 3.21. The van der Waals surface area contributed by atoms with Crippen molar-refractivity contribution in [1.29, 1.82) is 0 Å². The number of carbonyl (C=O) groups excluding carboxylic acids is 3. The van der Waals surface area contributed by atoms with Crippen LogP contribution in [0.25, 0.3) is 6.08 Å². The molecular weight excluding hydrogens is 280 g/mol. The predicted octanol–water partition coefficient (Wildman–Crippen LogP) is 1.23. The monoisotopic (exact) mass is 292 g/mol.